The first-order chi connectivity index (χ1) is 12.2. The van der Waals surface area contributed by atoms with Crippen LogP contribution >= 0.6 is 11.6 Å². The van der Waals surface area contributed by atoms with Crippen LogP contribution in [-0.4, -0.2) is 30.3 Å². The summed E-state index contributed by atoms with van der Waals surface area (Å²) < 4.78 is 0. The zero-order valence-electron chi connectivity index (χ0n) is 14.5. The van der Waals surface area contributed by atoms with Crippen LogP contribution < -0.4 is 0 Å². The quantitative estimate of drug-likeness (QED) is 0.517. The van der Waals surface area contributed by atoms with Gasteiger partial charge in [-0.3, -0.25) is 4.79 Å². The van der Waals surface area contributed by atoms with Crippen molar-refractivity contribution in [3.05, 3.63) is 70.7 Å². The molecule has 0 saturated carbocycles. The smallest absolute Gasteiger partial charge is 0.164 e. The molecule has 3 heteroatoms. The molecule has 1 saturated heterocycles. The minimum atomic E-state index is 0.201. The van der Waals surface area contributed by atoms with Crippen molar-refractivity contribution in [1.82, 2.24) is 4.90 Å². The number of carbonyl (C=O) groups excluding carboxylic acids is 1. The van der Waals surface area contributed by atoms with Crippen LogP contribution in [0.5, 0.6) is 0 Å². The number of benzene rings is 2. The van der Waals surface area contributed by atoms with Gasteiger partial charge in [-0.25, -0.2) is 0 Å². The van der Waals surface area contributed by atoms with Crippen LogP contribution in [0, 0.1) is 0 Å². The van der Waals surface area contributed by atoms with E-state index in [0.29, 0.717) is 11.4 Å². The van der Waals surface area contributed by atoms with Gasteiger partial charge in [0.15, 0.2) is 5.78 Å². The monoisotopic (exact) mass is 353 g/mol. The summed E-state index contributed by atoms with van der Waals surface area (Å²) in [5, 5.41) is 0.704. The van der Waals surface area contributed by atoms with Crippen LogP contribution in [0.15, 0.2) is 54.6 Å². The molecule has 0 unspecified atom stereocenters. The maximum absolute atomic E-state index is 12.9. The second-order valence-electron chi connectivity index (χ2n) is 6.55. The molecule has 0 bridgehead atoms. The third kappa shape index (κ3) is 5.29. The number of piperidine rings is 1. The van der Waals surface area contributed by atoms with E-state index in [4.69, 9.17) is 11.6 Å². The second kappa shape index (κ2) is 8.98. The van der Waals surface area contributed by atoms with E-state index in [-0.39, 0.29) is 5.78 Å². The van der Waals surface area contributed by atoms with Gasteiger partial charge in [0.25, 0.3) is 0 Å². The van der Waals surface area contributed by atoms with Crippen molar-refractivity contribution in [2.75, 3.05) is 19.6 Å². The molecule has 2 aromatic rings. The Hall–Kier alpha value is -1.90. The molecule has 0 amide bonds. The van der Waals surface area contributed by atoms with Gasteiger partial charge in [0.2, 0.25) is 0 Å². The molecule has 3 rings (SSSR count). The molecule has 0 atom stereocenters. The number of Topliss-reactive ketones (excluding diaryl/α,β-unsaturated/α-hetero) is 1. The summed E-state index contributed by atoms with van der Waals surface area (Å²) in [6.45, 7) is 3.09. The van der Waals surface area contributed by atoms with Crippen LogP contribution in [0.2, 0.25) is 5.02 Å². The number of nitrogens with zero attached hydrogens (tertiary/aromatic N) is 1. The first-order valence-electron chi connectivity index (χ1n) is 9.00. The number of carbonyl (C=O) groups is 1. The van der Waals surface area contributed by atoms with Crippen molar-refractivity contribution >= 4 is 29.0 Å². The van der Waals surface area contributed by atoms with Crippen molar-refractivity contribution in [3.8, 4) is 0 Å². The molecule has 1 aliphatic rings. The summed E-state index contributed by atoms with van der Waals surface area (Å²) in [6, 6.07) is 17.5. The molecule has 0 aromatic heterocycles. The van der Waals surface area contributed by atoms with Gasteiger partial charge in [-0.05, 0) is 55.3 Å². The first-order valence-corrected chi connectivity index (χ1v) is 9.38. The van der Waals surface area contributed by atoms with Gasteiger partial charge in [0, 0.05) is 23.6 Å². The number of halogens is 1. The lowest BCUT2D eigenvalue weighted by atomic mass is 9.97. The van der Waals surface area contributed by atoms with E-state index in [1.807, 2.05) is 60.7 Å². The van der Waals surface area contributed by atoms with Crippen molar-refractivity contribution in [2.24, 2.45) is 0 Å². The average Bonchev–Trinajstić information content (AvgIpc) is 2.67. The number of hydrogen-bond donors (Lipinski definition) is 0. The van der Waals surface area contributed by atoms with E-state index in [9.17, 15) is 4.79 Å². The maximum atomic E-state index is 12.9. The Balaban J connectivity index is 1.78. The number of likely N-dealkylation sites (tertiary alicyclic amines) is 1. The first kappa shape index (κ1) is 17.9. The SMILES string of the molecule is O=C(CCN1CCCCC1)/C(=C\c1ccc(Cl)cc1)c1ccccc1. The molecule has 1 heterocycles. The Morgan fingerprint density at radius 3 is 2.32 bits per heavy atom. The summed E-state index contributed by atoms with van der Waals surface area (Å²) >= 11 is 5.97. The molecule has 1 fully saturated rings. The third-order valence-corrected chi connectivity index (χ3v) is 4.92. The molecule has 0 N–H and O–H groups in total. The fourth-order valence-corrected chi connectivity index (χ4v) is 3.37. The lowest BCUT2D eigenvalue weighted by Gasteiger charge is -2.26. The summed E-state index contributed by atoms with van der Waals surface area (Å²) in [5.41, 5.74) is 2.75. The van der Waals surface area contributed by atoms with Crippen LogP contribution in [0.25, 0.3) is 11.6 Å². The van der Waals surface area contributed by atoms with E-state index in [1.165, 1.54) is 19.3 Å². The zero-order valence-corrected chi connectivity index (χ0v) is 15.2. The van der Waals surface area contributed by atoms with Gasteiger partial charge in [-0.1, -0.05) is 60.5 Å². The molecule has 25 heavy (non-hydrogen) atoms. The molecule has 0 aliphatic carbocycles. The predicted molar refractivity (Wildman–Crippen MR) is 106 cm³/mol. The Bertz CT molecular complexity index is 715. The van der Waals surface area contributed by atoms with Gasteiger partial charge >= 0.3 is 0 Å². The number of hydrogen-bond acceptors (Lipinski definition) is 2. The number of allylic oxidation sites excluding steroid dienone is 1. The van der Waals surface area contributed by atoms with Gasteiger partial charge in [-0.2, -0.15) is 0 Å². The maximum Gasteiger partial charge on any atom is 0.164 e. The zero-order chi connectivity index (χ0) is 17.5. The van der Waals surface area contributed by atoms with E-state index in [2.05, 4.69) is 4.90 Å². The topological polar surface area (TPSA) is 20.3 Å². The normalized spacial score (nSPS) is 16.0. The summed E-state index contributed by atoms with van der Waals surface area (Å²) in [6.07, 6.45) is 6.36. The van der Waals surface area contributed by atoms with Crippen molar-refractivity contribution < 1.29 is 4.79 Å². The summed E-state index contributed by atoms with van der Waals surface area (Å²) in [4.78, 5) is 15.3. The van der Waals surface area contributed by atoms with E-state index < -0.39 is 0 Å². The predicted octanol–water partition coefficient (Wildman–Crippen LogP) is 5.33. The summed E-state index contributed by atoms with van der Waals surface area (Å²) in [7, 11) is 0. The molecule has 1 aliphatic heterocycles. The highest BCUT2D eigenvalue weighted by atomic mass is 35.5. The largest absolute Gasteiger partial charge is 0.303 e. The van der Waals surface area contributed by atoms with Gasteiger partial charge in [-0.15, -0.1) is 0 Å². The standard InChI is InChI=1S/C22H24ClNO/c23-20-11-9-18(10-12-20)17-21(19-7-3-1-4-8-19)22(25)13-16-24-14-5-2-6-15-24/h1,3-4,7-12,17H,2,5-6,13-16H2/b21-17-. The highest BCUT2D eigenvalue weighted by Crippen LogP contribution is 2.22. The minimum absolute atomic E-state index is 0.201. The highest BCUT2D eigenvalue weighted by molar-refractivity contribution is 6.30. The molecular weight excluding hydrogens is 330 g/mol. The van der Waals surface area contributed by atoms with Crippen molar-refractivity contribution in [1.29, 1.82) is 0 Å². The van der Waals surface area contributed by atoms with Gasteiger partial charge in [0.1, 0.15) is 0 Å². The van der Waals surface area contributed by atoms with Crippen LogP contribution in [-0.2, 0) is 4.79 Å². The molecular formula is C22H24ClNO. The van der Waals surface area contributed by atoms with E-state index in [1.54, 1.807) is 0 Å². The van der Waals surface area contributed by atoms with Gasteiger partial charge in [0.05, 0.1) is 0 Å². The van der Waals surface area contributed by atoms with Gasteiger partial charge < -0.3 is 4.90 Å². The van der Waals surface area contributed by atoms with Crippen LogP contribution in [0.3, 0.4) is 0 Å². The van der Waals surface area contributed by atoms with E-state index in [0.717, 1.165) is 36.3 Å². The van der Waals surface area contributed by atoms with Crippen LogP contribution in [0.4, 0.5) is 0 Å². The Morgan fingerprint density at radius 2 is 1.64 bits per heavy atom. The average molecular weight is 354 g/mol. The lowest BCUT2D eigenvalue weighted by Crippen LogP contribution is -2.31. The minimum Gasteiger partial charge on any atom is -0.303 e. The Labute approximate surface area is 155 Å². The van der Waals surface area contributed by atoms with Crippen molar-refractivity contribution in [3.63, 3.8) is 0 Å². The van der Waals surface area contributed by atoms with Crippen molar-refractivity contribution in [2.45, 2.75) is 25.7 Å². The number of ketones is 1. The lowest BCUT2D eigenvalue weighted by molar-refractivity contribution is -0.114. The molecule has 2 nitrogen and oxygen atoms in total. The Morgan fingerprint density at radius 1 is 0.960 bits per heavy atom. The van der Waals surface area contributed by atoms with Crippen LogP contribution in [0.1, 0.15) is 36.8 Å². The number of rotatable bonds is 6. The second-order valence-corrected chi connectivity index (χ2v) is 6.99. The molecule has 130 valence electrons. The fraction of sp³-hybridized carbons (Fsp3) is 0.318. The molecule has 0 radical (unpaired) electrons. The van der Waals surface area contributed by atoms with E-state index >= 15 is 0 Å². The highest BCUT2D eigenvalue weighted by Gasteiger charge is 2.15. The fourth-order valence-electron chi connectivity index (χ4n) is 3.25. The molecule has 2 aromatic carbocycles. The Kier molecular flexibility index (Phi) is 6.43. The third-order valence-electron chi connectivity index (χ3n) is 4.67. The molecule has 0 spiro atoms. The summed E-state index contributed by atoms with van der Waals surface area (Å²) in [5.74, 6) is 0.201.